The van der Waals surface area contributed by atoms with Crippen molar-refractivity contribution in [2.75, 3.05) is 0 Å². The number of alkyl halides is 3. The van der Waals surface area contributed by atoms with Gasteiger partial charge in [-0.3, -0.25) is 0 Å². The maximum absolute atomic E-state index is 11.8. The Kier molecular flexibility index (Phi) is 2.97. The van der Waals surface area contributed by atoms with Crippen LogP contribution in [0.5, 0.6) is 0 Å². The molecule has 0 amide bonds. The van der Waals surface area contributed by atoms with Crippen LogP contribution in [-0.4, -0.2) is 6.36 Å². The molecule has 2 nitrogen and oxygen atoms in total. The lowest BCUT2D eigenvalue weighted by Gasteiger charge is -2.09. The fourth-order valence-electron chi connectivity index (χ4n) is 0.907. The summed E-state index contributed by atoms with van der Waals surface area (Å²) in [7, 11) is 0. The first-order valence-corrected chi connectivity index (χ1v) is 3.74. The maximum atomic E-state index is 11.8. The molecule has 0 unspecified atom stereocenters. The van der Waals surface area contributed by atoms with E-state index in [1.54, 1.807) is 0 Å². The first-order valence-electron chi connectivity index (χ1n) is 3.74. The summed E-state index contributed by atoms with van der Waals surface area (Å²) >= 11 is 0. The highest BCUT2D eigenvalue weighted by molar-refractivity contribution is 5.38. The third-order valence-corrected chi connectivity index (χ3v) is 1.44. The van der Waals surface area contributed by atoms with E-state index in [2.05, 4.69) is 4.74 Å². The summed E-state index contributed by atoms with van der Waals surface area (Å²) in [5, 5.41) is 8.47. The minimum absolute atomic E-state index is 0.0290. The van der Waals surface area contributed by atoms with Crippen LogP contribution in [-0.2, 0) is 4.74 Å². The lowest BCUT2D eigenvalue weighted by molar-refractivity contribution is -0.305. The van der Waals surface area contributed by atoms with Crippen LogP contribution in [0.4, 0.5) is 13.2 Å². The number of ether oxygens (including phenoxy) is 1. The number of nitrogens with zero attached hydrogens (tertiary/aromatic N) is 1. The summed E-state index contributed by atoms with van der Waals surface area (Å²) in [5.41, 5.74) is 0.297. The fourth-order valence-corrected chi connectivity index (χ4v) is 0.907. The molecule has 0 heterocycles. The first kappa shape index (κ1) is 10.4. The Morgan fingerprint density at radius 1 is 1.36 bits per heavy atom. The number of hydrogen-bond acceptors (Lipinski definition) is 2. The quantitative estimate of drug-likeness (QED) is 0.653. The number of rotatable bonds is 1. The third kappa shape index (κ3) is 3.35. The van der Waals surface area contributed by atoms with Crippen molar-refractivity contribution < 1.29 is 17.9 Å². The van der Waals surface area contributed by atoms with Gasteiger partial charge in [0.05, 0.1) is 11.6 Å². The molecule has 0 N–H and O–H groups in total. The van der Waals surface area contributed by atoms with Crippen LogP contribution in [0.3, 0.4) is 0 Å². The van der Waals surface area contributed by atoms with Crippen molar-refractivity contribution in [2.24, 2.45) is 0 Å². The average molecular weight is 201 g/mol. The van der Waals surface area contributed by atoms with Crippen LogP contribution < -0.4 is 0 Å². The molecular formula is C9H6F3NO. The summed E-state index contributed by atoms with van der Waals surface area (Å²) in [6.45, 7) is 0. The lowest BCUT2D eigenvalue weighted by atomic mass is 10.3. The van der Waals surface area contributed by atoms with Crippen molar-refractivity contribution >= 4 is 0 Å². The van der Waals surface area contributed by atoms with Gasteiger partial charge in [0, 0.05) is 6.42 Å². The van der Waals surface area contributed by atoms with Crippen LogP contribution in [0.15, 0.2) is 35.6 Å². The SMILES string of the molecule is N#CC1=CC=C(OC(F)(F)F)CC=C1. The summed E-state index contributed by atoms with van der Waals surface area (Å²) in [5.74, 6) is -0.223. The molecule has 0 radical (unpaired) electrons. The van der Waals surface area contributed by atoms with E-state index < -0.39 is 6.36 Å². The molecule has 0 aromatic heterocycles. The van der Waals surface area contributed by atoms with Gasteiger partial charge >= 0.3 is 6.36 Å². The Morgan fingerprint density at radius 2 is 2.07 bits per heavy atom. The Balaban J connectivity index is 2.75. The smallest absolute Gasteiger partial charge is 0.410 e. The third-order valence-electron chi connectivity index (χ3n) is 1.44. The van der Waals surface area contributed by atoms with Gasteiger partial charge in [0.2, 0.25) is 0 Å². The Morgan fingerprint density at radius 3 is 2.64 bits per heavy atom. The van der Waals surface area contributed by atoms with Crippen molar-refractivity contribution in [2.45, 2.75) is 12.8 Å². The van der Waals surface area contributed by atoms with E-state index in [4.69, 9.17) is 5.26 Å². The largest absolute Gasteiger partial charge is 0.572 e. The molecule has 1 aliphatic carbocycles. The molecule has 0 aliphatic heterocycles. The van der Waals surface area contributed by atoms with Crippen LogP contribution in [0, 0.1) is 11.3 Å². The van der Waals surface area contributed by atoms with Gasteiger partial charge in [-0.05, 0) is 18.2 Å². The highest BCUT2D eigenvalue weighted by Gasteiger charge is 2.31. The van der Waals surface area contributed by atoms with E-state index in [1.807, 2.05) is 6.07 Å². The van der Waals surface area contributed by atoms with Crippen molar-refractivity contribution in [3.8, 4) is 6.07 Å². The Hall–Kier alpha value is -1.70. The van der Waals surface area contributed by atoms with E-state index in [0.29, 0.717) is 5.57 Å². The zero-order valence-electron chi connectivity index (χ0n) is 7.01. The number of nitriles is 1. The molecule has 0 saturated heterocycles. The van der Waals surface area contributed by atoms with Crippen molar-refractivity contribution in [3.63, 3.8) is 0 Å². The number of halogens is 3. The molecular weight excluding hydrogens is 195 g/mol. The van der Waals surface area contributed by atoms with Gasteiger partial charge in [0.25, 0.3) is 0 Å². The first-order chi connectivity index (χ1) is 6.51. The Labute approximate surface area is 78.6 Å². The predicted molar refractivity (Wildman–Crippen MR) is 42.7 cm³/mol. The van der Waals surface area contributed by atoms with Gasteiger partial charge in [0.1, 0.15) is 5.76 Å². The zero-order valence-corrected chi connectivity index (χ0v) is 7.01. The van der Waals surface area contributed by atoms with E-state index in [9.17, 15) is 13.2 Å². The molecule has 0 atom stereocenters. The molecule has 74 valence electrons. The van der Waals surface area contributed by atoms with Gasteiger partial charge in [-0.1, -0.05) is 6.08 Å². The second-order valence-electron chi connectivity index (χ2n) is 2.52. The minimum atomic E-state index is -4.68. The van der Waals surface area contributed by atoms with Crippen LogP contribution in [0.2, 0.25) is 0 Å². The maximum Gasteiger partial charge on any atom is 0.572 e. The summed E-state index contributed by atoms with van der Waals surface area (Å²) in [6.07, 6.45) is 0.672. The van der Waals surface area contributed by atoms with Crippen molar-refractivity contribution in [1.29, 1.82) is 5.26 Å². The molecule has 0 saturated carbocycles. The molecule has 0 fully saturated rings. The van der Waals surface area contributed by atoms with Crippen LogP contribution >= 0.6 is 0 Å². The molecule has 0 spiro atoms. The highest BCUT2D eigenvalue weighted by Crippen LogP contribution is 2.23. The zero-order chi connectivity index (χ0) is 10.6. The van der Waals surface area contributed by atoms with Gasteiger partial charge in [-0.25, -0.2) is 0 Å². The number of allylic oxidation sites excluding steroid dienone is 5. The minimum Gasteiger partial charge on any atom is -0.410 e. The van der Waals surface area contributed by atoms with Crippen LogP contribution in [0.1, 0.15) is 6.42 Å². The topological polar surface area (TPSA) is 33.0 Å². The molecule has 0 bridgehead atoms. The normalized spacial score (nSPS) is 16.4. The molecule has 5 heteroatoms. The second-order valence-corrected chi connectivity index (χ2v) is 2.52. The fraction of sp³-hybridized carbons (Fsp3) is 0.222. The van der Waals surface area contributed by atoms with E-state index >= 15 is 0 Å². The molecule has 1 aliphatic rings. The lowest BCUT2D eigenvalue weighted by Crippen LogP contribution is -2.12. The van der Waals surface area contributed by atoms with Gasteiger partial charge in [-0.2, -0.15) is 5.26 Å². The highest BCUT2D eigenvalue weighted by atomic mass is 19.4. The van der Waals surface area contributed by atoms with Crippen molar-refractivity contribution in [1.82, 2.24) is 0 Å². The summed E-state index contributed by atoms with van der Waals surface area (Å²) in [6, 6.07) is 1.82. The molecule has 14 heavy (non-hydrogen) atoms. The van der Waals surface area contributed by atoms with E-state index in [0.717, 1.165) is 6.08 Å². The average Bonchev–Trinajstić information content (AvgIpc) is 2.27. The standard InChI is InChI=1S/C9H6F3NO/c10-9(11,12)14-8-3-1-2-7(6-13)4-5-8/h1-2,4-5H,3H2. The van der Waals surface area contributed by atoms with Crippen molar-refractivity contribution in [3.05, 3.63) is 35.6 Å². The molecule has 0 aromatic rings. The van der Waals surface area contributed by atoms with E-state index in [1.165, 1.54) is 18.2 Å². The monoisotopic (exact) mass is 201 g/mol. The summed E-state index contributed by atoms with van der Waals surface area (Å²) < 4.78 is 39.0. The van der Waals surface area contributed by atoms with Crippen LogP contribution in [0.25, 0.3) is 0 Å². The second kappa shape index (κ2) is 4.01. The Bertz CT molecular complexity index is 344. The van der Waals surface area contributed by atoms with E-state index in [-0.39, 0.29) is 12.2 Å². The summed E-state index contributed by atoms with van der Waals surface area (Å²) in [4.78, 5) is 0. The van der Waals surface area contributed by atoms with Gasteiger partial charge in [-0.15, -0.1) is 13.2 Å². The van der Waals surface area contributed by atoms with Gasteiger partial charge in [0.15, 0.2) is 0 Å². The predicted octanol–water partition coefficient (Wildman–Crippen LogP) is 2.82. The molecule has 0 aromatic carbocycles. The molecule has 1 rings (SSSR count). The van der Waals surface area contributed by atoms with Gasteiger partial charge < -0.3 is 4.74 Å². The number of hydrogen-bond donors (Lipinski definition) is 0.